The highest BCUT2D eigenvalue weighted by molar-refractivity contribution is 5.73. The van der Waals surface area contributed by atoms with E-state index in [0.29, 0.717) is 6.61 Å². The highest BCUT2D eigenvalue weighted by atomic mass is 16.5. The van der Waals surface area contributed by atoms with E-state index in [2.05, 4.69) is 19.9 Å². The molecular formula is C16H22O3. The van der Waals surface area contributed by atoms with Crippen molar-refractivity contribution in [1.29, 1.82) is 0 Å². The molecule has 0 atom stereocenters. The van der Waals surface area contributed by atoms with E-state index in [0.717, 1.165) is 29.9 Å². The third-order valence-corrected chi connectivity index (χ3v) is 2.63. The molecule has 0 fully saturated rings. The number of ether oxygens (including phenoxy) is 2. The molecule has 1 aromatic rings. The molecule has 104 valence electrons. The Balaban J connectivity index is 2.83. The SMILES string of the molecule is CC/C=C(\CC)Oc1ccccc1CC(=O)OCC. The van der Waals surface area contributed by atoms with E-state index in [9.17, 15) is 4.79 Å². The van der Waals surface area contributed by atoms with Crippen molar-refractivity contribution >= 4 is 5.97 Å². The summed E-state index contributed by atoms with van der Waals surface area (Å²) in [5.74, 6) is 1.44. The number of hydrogen-bond donors (Lipinski definition) is 0. The van der Waals surface area contributed by atoms with Crippen LogP contribution in [0.2, 0.25) is 0 Å². The minimum Gasteiger partial charge on any atom is -0.466 e. The molecule has 0 saturated heterocycles. The third-order valence-electron chi connectivity index (χ3n) is 2.63. The van der Waals surface area contributed by atoms with Gasteiger partial charge in [-0.05, 0) is 25.5 Å². The number of rotatable bonds is 7. The van der Waals surface area contributed by atoms with Crippen LogP contribution in [0.15, 0.2) is 36.1 Å². The highest BCUT2D eigenvalue weighted by Gasteiger charge is 2.10. The quantitative estimate of drug-likeness (QED) is 0.552. The molecule has 0 aromatic heterocycles. The molecule has 0 heterocycles. The first-order chi connectivity index (χ1) is 9.21. The van der Waals surface area contributed by atoms with Crippen molar-refractivity contribution in [2.45, 2.75) is 40.0 Å². The largest absolute Gasteiger partial charge is 0.466 e. The Bertz CT molecular complexity index is 435. The summed E-state index contributed by atoms with van der Waals surface area (Å²) in [6, 6.07) is 7.58. The summed E-state index contributed by atoms with van der Waals surface area (Å²) in [5, 5.41) is 0. The number of para-hydroxylation sites is 1. The van der Waals surface area contributed by atoms with Crippen LogP contribution in [0.3, 0.4) is 0 Å². The first-order valence-electron chi connectivity index (χ1n) is 6.81. The number of hydrogen-bond acceptors (Lipinski definition) is 3. The molecule has 0 amide bonds. The Morgan fingerprint density at radius 3 is 2.58 bits per heavy atom. The lowest BCUT2D eigenvalue weighted by Gasteiger charge is -2.12. The van der Waals surface area contributed by atoms with Crippen molar-refractivity contribution in [3.05, 3.63) is 41.7 Å². The van der Waals surface area contributed by atoms with Gasteiger partial charge in [0.2, 0.25) is 0 Å². The molecule has 0 aliphatic carbocycles. The molecule has 0 aliphatic heterocycles. The number of allylic oxidation sites excluding steroid dienone is 2. The predicted octanol–water partition coefficient (Wildman–Crippen LogP) is 3.87. The summed E-state index contributed by atoms with van der Waals surface area (Å²) in [7, 11) is 0. The van der Waals surface area contributed by atoms with Gasteiger partial charge in [-0.2, -0.15) is 0 Å². The van der Waals surface area contributed by atoms with E-state index in [4.69, 9.17) is 9.47 Å². The van der Waals surface area contributed by atoms with Crippen LogP contribution in [-0.2, 0) is 16.0 Å². The van der Waals surface area contributed by atoms with Crippen LogP contribution in [0, 0.1) is 0 Å². The number of carbonyl (C=O) groups is 1. The summed E-state index contributed by atoms with van der Waals surface area (Å²) >= 11 is 0. The van der Waals surface area contributed by atoms with Gasteiger partial charge in [-0.25, -0.2) is 0 Å². The van der Waals surface area contributed by atoms with Crippen molar-refractivity contribution in [3.63, 3.8) is 0 Å². The molecule has 1 aromatic carbocycles. The molecule has 0 saturated carbocycles. The van der Waals surface area contributed by atoms with Crippen LogP contribution in [0.5, 0.6) is 5.75 Å². The Hall–Kier alpha value is -1.77. The van der Waals surface area contributed by atoms with E-state index in [1.807, 2.05) is 24.3 Å². The van der Waals surface area contributed by atoms with Gasteiger partial charge >= 0.3 is 5.97 Å². The van der Waals surface area contributed by atoms with Crippen LogP contribution in [0.25, 0.3) is 0 Å². The first-order valence-corrected chi connectivity index (χ1v) is 6.81. The lowest BCUT2D eigenvalue weighted by Crippen LogP contribution is -2.09. The standard InChI is InChI=1S/C16H22O3/c1-4-9-14(5-2)19-15-11-8-7-10-13(15)12-16(17)18-6-3/h7-11H,4-6,12H2,1-3H3/b14-9+. The fraction of sp³-hybridized carbons (Fsp3) is 0.438. The molecule has 0 aliphatic rings. The minimum atomic E-state index is -0.226. The highest BCUT2D eigenvalue weighted by Crippen LogP contribution is 2.22. The van der Waals surface area contributed by atoms with Crippen LogP contribution >= 0.6 is 0 Å². The maximum Gasteiger partial charge on any atom is 0.310 e. The summed E-state index contributed by atoms with van der Waals surface area (Å²) in [6.45, 7) is 6.33. The number of carbonyl (C=O) groups excluding carboxylic acids is 1. The Morgan fingerprint density at radius 1 is 1.21 bits per heavy atom. The van der Waals surface area contributed by atoms with Crippen molar-refractivity contribution in [2.75, 3.05) is 6.61 Å². The molecule has 19 heavy (non-hydrogen) atoms. The fourth-order valence-corrected chi connectivity index (χ4v) is 1.74. The third kappa shape index (κ3) is 5.16. The van der Waals surface area contributed by atoms with Gasteiger partial charge in [0.05, 0.1) is 18.8 Å². The predicted molar refractivity (Wildman–Crippen MR) is 76.1 cm³/mol. The average Bonchev–Trinajstić information content (AvgIpc) is 2.40. The average molecular weight is 262 g/mol. The van der Waals surface area contributed by atoms with Gasteiger partial charge < -0.3 is 9.47 Å². The van der Waals surface area contributed by atoms with E-state index >= 15 is 0 Å². The van der Waals surface area contributed by atoms with E-state index < -0.39 is 0 Å². The second-order valence-corrected chi connectivity index (χ2v) is 4.12. The molecule has 0 spiro atoms. The van der Waals surface area contributed by atoms with Gasteiger partial charge in [0.1, 0.15) is 5.75 Å². The Kier molecular flexibility index (Phi) is 6.72. The molecule has 1 rings (SSSR count). The lowest BCUT2D eigenvalue weighted by atomic mass is 10.1. The molecular weight excluding hydrogens is 240 g/mol. The topological polar surface area (TPSA) is 35.5 Å². The summed E-state index contributed by atoms with van der Waals surface area (Å²) in [6.07, 6.45) is 4.07. The van der Waals surface area contributed by atoms with Crippen molar-refractivity contribution in [3.8, 4) is 5.75 Å². The van der Waals surface area contributed by atoms with Crippen LogP contribution in [0.1, 0.15) is 39.2 Å². The monoisotopic (exact) mass is 262 g/mol. The van der Waals surface area contributed by atoms with Crippen molar-refractivity contribution < 1.29 is 14.3 Å². The van der Waals surface area contributed by atoms with Crippen molar-refractivity contribution in [2.24, 2.45) is 0 Å². The smallest absolute Gasteiger partial charge is 0.310 e. The zero-order valence-electron chi connectivity index (χ0n) is 11.9. The lowest BCUT2D eigenvalue weighted by molar-refractivity contribution is -0.142. The Labute approximate surface area is 115 Å². The summed E-state index contributed by atoms with van der Waals surface area (Å²) < 4.78 is 10.8. The van der Waals surface area contributed by atoms with Gasteiger partial charge in [0, 0.05) is 12.0 Å². The van der Waals surface area contributed by atoms with Gasteiger partial charge in [0.25, 0.3) is 0 Å². The fourth-order valence-electron chi connectivity index (χ4n) is 1.74. The summed E-state index contributed by atoms with van der Waals surface area (Å²) in [4.78, 5) is 11.6. The molecule has 0 unspecified atom stereocenters. The van der Waals surface area contributed by atoms with Crippen LogP contribution in [0.4, 0.5) is 0 Å². The second kappa shape index (κ2) is 8.35. The number of esters is 1. The van der Waals surface area contributed by atoms with Crippen LogP contribution in [-0.4, -0.2) is 12.6 Å². The van der Waals surface area contributed by atoms with E-state index in [-0.39, 0.29) is 12.4 Å². The number of benzene rings is 1. The van der Waals surface area contributed by atoms with Crippen molar-refractivity contribution in [1.82, 2.24) is 0 Å². The Morgan fingerprint density at radius 2 is 1.95 bits per heavy atom. The molecule has 0 bridgehead atoms. The molecule has 3 heteroatoms. The summed E-state index contributed by atoms with van der Waals surface area (Å²) in [5.41, 5.74) is 0.858. The normalized spacial score (nSPS) is 11.2. The molecule has 0 N–H and O–H groups in total. The van der Waals surface area contributed by atoms with Gasteiger partial charge in [-0.3, -0.25) is 4.79 Å². The first kappa shape index (κ1) is 15.3. The van der Waals surface area contributed by atoms with Crippen LogP contribution < -0.4 is 4.74 Å². The second-order valence-electron chi connectivity index (χ2n) is 4.12. The molecule has 0 radical (unpaired) electrons. The van der Waals surface area contributed by atoms with Gasteiger partial charge in [-0.1, -0.05) is 32.0 Å². The van der Waals surface area contributed by atoms with E-state index in [1.54, 1.807) is 6.92 Å². The maximum atomic E-state index is 11.6. The van der Waals surface area contributed by atoms with Gasteiger partial charge in [-0.15, -0.1) is 0 Å². The maximum absolute atomic E-state index is 11.6. The minimum absolute atomic E-state index is 0.226. The van der Waals surface area contributed by atoms with E-state index in [1.165, 1.54) is 0 Å². The van der Waals surface area contributed by atoms with Gasteiger partial charge in [0.15, 0.2) is 0 Å². The molecule has 3 nitrogen and oxygen atoms in total. The zero-order valence-corrected chi connectivity index (χ0v) is 11.9. The zero-order chi connectivity index (χ0) is 14.1.